The van der Waals surface area contributed by atoms with E-state index in [1.54, 1.807) is 38.5 Å². The van der Waals surface area contributed by atoms with E-state index in [1.165, 1.54) is 12.5 Å². The first-order valence-electron chi connectivity index (χ1n) is 9.72. The second-order valence-corrected chi connectivity index (χ2v) is 8.16. The van der Waals surface area contributed by atoms with E-state index in [0.29, 0.717) is 22.2 Å². The smallest absolute Gasteiger partial charge is 0.336 e. The molecule has 1 aliphatic rings. The van der Waals surface area contributed by atoms with Crippen molar-refractivity contribution in [3.05, 3.63) is 58.1 Å². The van der Waals surface area contributed by atoms with E-state index in [-0.39, 0.29) is 0 Å². The molecular weight excluding hydrogens is 466 g/mol. The Balaban J connectivity index is 1.75. The predicted molar refractivity (Wildman–Crippen MR) is 125 cm³/mol. The Morgan fingerprint density at radius 3 is 2.40 bits per heavy atom. The molecular formula is C23H24BrNO4S. The largest absolute Gasteiger partial charge is 0.493 e. The fourth-order valence-corrected chi connectivity index (χ4v) is 3.99. The van der Waals surface area contributed by atoms with E-state index in [4.69, 9.17) is 26.4 Å². The van der Waals surface area contributed by atoms with Gasteiger partial charge in [0.15, 0.2) is 11.5 Å². The Hall–Kier alpha value is -2.38. The number of rotatable bonds is 6. The van der Waals surface area contributed by atoms with Crippen molar-refractivity contribution in [3.8, 4) is 17.2 Å². The molecule has 1 heterocycles. The summed E-state index contributed by atoms with van der Waals surface area (Å²) in [6.07, 6.45) is 6.53. The standard InChI is InChI=1S/C23H24BrNO4S/c1-27-20-9-6-16(14-21(20)28-2)7-11-22(26)29-19-10-8-17(24)15-18(19)23(30)25-12-4-3-5-13-25/h6-11,14-15H,3-5,12-13H2,1-2H3. The number of hydrogen-bond acceptors (Lipinski definition) is 5. The highest BCUT2D eigenvalue weighted by atomic mass is 79.9. The Labute approximate surface area is 190 Å². The number of thiocarbonyl (C=S) groups is 1. The highest BCUT2D eigenvalue weighted by molar-refractivity contribution is 9.10. The zero-order valence-electron chi connectivity index (χ0n) is 17.0. The molecule has 0 atom stereocenters. The number of benzene rings is 2. The summed E-state index contributed by atoms with van der Waals surface area (Å²) in [6.45, 7) is 1.86. The van der Waals surface area contributed by atoms with E-state index in [0.717, 1.165) is 41.5 Å². The zero-order chi connectivity index (χ0) is 21.5. The molecule has 1 saturated heterocycles. The van der Waals surface area contributed by atoms with Crippen LogP contribution in [0.4, 0.5) is 0 Å². The molecule has 0 N–H and O–H groups in total. The summed E-state index contributed by atoms with van der Waals surface area (Å²) in [6, 6.07) is 10.9. The van der Waals surface area contributed by atoms with Crippen LogP contribution in [0.1, 0.15) is 30.4 Å². The molecule has 30 heavy (non-hydrogen) atoms. The molecule has 2 aromatic rings. The van der Waals surface area contributed by atoms with Crippen molar-refractivity contribution in [3.63, 3.8) is 0 Å². The van der Waals surface area contributed by atoms with Crippen LogP contribution in [0.3, 0.4) is 0 Å². The molecule has 0 unspecified atom stereocenters. The molecule has 2 aromatic carbocycles. The number of methoxy groups -OCH3 is 2. The van der Waals surface area contributed by atoms with Crippen LogP contribution in [-0.2, 0) is 4.79 Å². The lowest BCUT2D eigenvalue weighted by Crippen LogP contribution is -2.35. The maximum Gasteiger partial charge on any atom is 0.336 e. The highest BCUT2D eigenvalue weighted by Crippen LogP contribution is 2.29. The minimum atomic E-state index is -0.477. The van der Waals surface area contributed by atoms with Crippen LogP contribution in [-0.4, -0.2) is 43.2 Å². The number of hydrogen-bond donors (Lipinski definition) is 0. The minimum Gasteiger partial charge on any atom is -0.493 e. The molecule has 0 bridgehead atoms. The zero-order valence-corrected chi connectivity index (χ0v) is 19.4. The van der Waals surface area contributed by atoms with E-state index >= 15 is 0 Å². The fraction of sp³-hybridized carbons (Fsp3) is 0.304. The van der Waals surface area contributed by atoms with Crippen LogP contribution in [0.25, 0.3) is 6.08 Å². The Kier molecular flexibility index (Phi) is 7.87. The molecule has 3 rings (SSSR count). The normalized spacial score (nSPS) is 13.9. The second-order valence-electron chi connectivity index (χ2n) is 6.86. The first kappa shape index (κ1) is 22.3. The third-order valence-electron chi connectivity index (χ3n) is 4.85. The molecule has 5 nitrogen and oxygen atoms in total. The molecule has 0 radical (unpaired) electrons. The summed E-state index contributed by atoms with van der Waals surface area (Å²) in [7, 11) is 3.15. The van der Waals surface area contributed by atoms with Crippen molar-refractivity contribution in [1.82, 2.24) is 4.90 Å². The van der Waals surface area contributed by atoms with Crippen LogP contribution in [0.2, 0.25) is 0 Å². The summed E-state index contributed by atoms with van der Waals surface area (Å²) in [5.74, 6) is 1.20. The maximum atomic E-state index is 12.5. The van der Waals surface area contributed by atoms with E-state index < -0.39 is 5.97 Å². The third kappa shape index (κ3) is 5.61. The molecule has 0 amide bonds. The summed E-state index contributed by atoms with van der Waals surface area (Å²) >= 11 is 9.19. The topological polar surface area (TPSA) is 48.0 Å². The average molecular weight is 490 g/mol. The first-order chi connectivity index (χ1) is 14.5. The van der Waals surface area contributed by atoms with E-state index in [2.05, 4.69) is 20.8 Å². The second kappa shape index (κ2) is 10.6. The van der Waals surface area contributed by atoms with Crippen LogP contribution in [0.15, 0.2) is 46.9 Å². The lowest BCUT2D eigenvalue weighted by atomic mass is 10.1. The Morgan fingerprint density at radius 1 is 1.00 bits per heavy atom. The van der Waals surface area contributed by atoms with Gasteiger partial charge in [0.2, 0.25) is 0 Å². The maximum absolute atomic E-state index is 12.5. The van der Waals surface area contributed by atoms with Gasteiger partial charge in [-0.2, -0.15) is 0 Å². The van der Waals surface area contributed by atoms with Gasteiger partial charge in [0, 0.05) is 23.6 Å². The fourth-order valence-electron chi connectivity index (χ4n) is 3.29. The van der Waals surface area contributed by atoms with Crippen LogP contribution in [0.5, 0.6) is 17.2 Å². The van der Waals surface area contributed by atoms with Gasteiger partial charge in [0.25, 0.3) is 0 Å². The third-order valence-corrected chi connectivity index (χ3v) is 5.82. The summed E-state index contributed by atoms with van der Waals surface area (Å²) in [4.78, 5) is 15.4. The molecule has 0 aromatic heterocycles. The van der Waals surface area contributed by atoms with Gasteiger partial charge in [-0.1, -0.05) is 34.2 Å². The van der Waals surface area contributed by atoms with Crippen molar-refractivity contribution < 1.29 is 19.0 Å². The Bertz CT molecular complexity index is 954. The van der Waals surface area contributed by atoms with E-state index in [1.807, 2.05) is 18.2 Å². The molecule has 0 aliphatic carbocycles. The quantitative estimate of drug-likeness (QED) is 0.239. The number of nitrogens with zero attached hydrogens (tertiary/aromatic N) is 1. The predicted octanol–water partition coefficient (Wildman–Crippen LogP) is 5.25. The Morgan fingerprint density at radius 2 is 1.70 bits per heavy atom. The van der Waals surface area contributed by atoms with Gasteiger partial charge in [0.1, 0.15) is 10.7 Å². The SMILES string of the molecule is COc1ccc(C=CC(=O)Oc2ccc(Br)cc2C(=S)N2CCCCC2)cc1OC. The molecule has 0 spiro atoms. The van der Waals surface area contributed by atoms with Crippen molar-refractivity contribution in [1.29, 1.82) is 0 Å². The molecule has 7 heteroatoms. The van der Waals surface area contributed by atoms with Gasteiger partial charge in [-0.05, 0) is 61.2 Å². The summed E-state index contributed by atoms with van der Waals surface area (Å²) < 4.78 is 17.0. The molecule has 1 fully saturated rings. The number of carbonyl (C=O) groups is 1. The highest BCUT2D eigenvalue weighted by Gasteiger charge is 2.19. The monoisotopic (exact) mass is 489 g/mol. The average Bonchev–Trinajstić information content (AvgIpc) is 2.78. The van der Waals surface area contributed by atoms with Gasteiger partial charge >= 0.3 is 5.97 Å². The van der Waals surface area contributed by atoms with Gasteiger partial charge < -0.3 is 19.1 Å². The van der Waals surface area contributed by atoms with Gasteiger partial charge in [-0.3, -0.25) is 0 Å². The number of carbonyl (C=O) groups excluding carboxylic acids is 1. The number of esters is 1. The molecule has 0 saturated carbocycles. The number of likely N-dealkylation sites (tertiary alicyclic amines) is 1. The van der Waals surface area contributed by atoms with Gasteiger partial charge in [-0.25, -0.2) is 4.79 Å². The summed E-state index contributed by atoms with van der Waals surface area (Å²) in [5, 5.41) is 0. The van der Waals surface area contributed by atoms with Crippen LogP contribution in [0, 0.1) is 0 Å². The lowest BCUT2D eigenvalue weighted by molar-refractivity contribution is -0.128. The van der Waals surface area contributed by atoms with Crippen molar-refractivity contribution in [2.75, 3.05) is 27.3 Å². The van der Waals surface area contributed by atoms with Crippen molar-refractivity contribution in [2.45, 2.75) is 19.3 Å². The first-order valence-corrected chi connectivity index (χ1v) is 10.9. The van der Waals surface area contributed by atoms with Crippen molar-refractivity contribution >= 4 is 45.2 Å². The van der Waals surface area contributed by atoms with Crippen LogP contribution >= 0.6 is 28.1 Å². The number of piperidine rings is 1. The minimum absolute atomic E-state index is 0.454. The van der Waals surface area contributed by atoms with Gasteiger partial charge in [0.05, 0.1) is 19.8 Å². The van der Waals surface area contributed by atoms with Gasteiger partial charge in [-0.15, -0.1) is 0 Å². The van der Waals surface area contributed by atoms with E-state index in [9.17, 15) is 4.79 Å². The van der Waals surface area contributed by atoms with Crippen LogP contribution < -0.4 is 14.2 Å². The summed E-state index contributed by atoms with van der Waals surface area (Å²) in [5.41, 5.74) is 1.54. The number of halogens is 1. The van der Waals surface area contributed by atoms with Crippen molar-refractivity contribution in [2.24, 2.45) is 0 Å². The lowest BCUT2D eigenvalue weighted by Gasteiger charge is -2.29. The number of ether oxygens (including phenoxy) is 3. The molecule has 158 valence electrons. The molecule has 1 aliphatic heterocycles.